The zero-order valence-corrected chi connectivity index (χ0v) is 19.1. The molecule has 1 N–H and O–H groups in total. The Kier molecular flexibility index (Phi) is 7.27. The van der Waals surface area contributed by atoms with E-state index in [1.807, 2.05) is 0 Å². The maximum Gasteiger partial charge on any atom is 0.160 e. The van der Waals surface area contributed by atoms with Crippen molar-refractivity contribution in [1.82, 2.24) is 30.0 Å². The predicted octanol–water partition coefficient (Wildman–Crippen LogP) is 1.23. The van der Waals surface area contributed by atoms with Gasteiger partial charge in [0.05, 0.1) is 19.3 Å². The maximum absolute atomic E-state index is 5.88. The molecule has 30 heavy (non-hydrogen) atoms. The Labute approximate surface area is 183 Å². The topological polar surface area (TPSA) is 37.5 Å². The van der Waals surface area contributed by atoms with E-state index in [9.17, 15) is 0 Å². The molecule has 172 valence electrons. The third kappa shape index (κ3) is 4.07. The van der Waals surface area contributed by atoms with E-state index in [0.717, 1.165) is 52.5 Å². The lowest BCUT2D eigenvalue weighted by Gasteiger charge is -2.64. The van der Waals surface area contributed by atoms with Gasteiger partial charge in [-0.25, -0.2) is 10.0 Å². The number of hydrogen-bond acceptors (Lipinski definition) is 7. The molecule has 7 nitrogen and oxygen atoms in total. The summed E-state index contributed by atoms with van der Waals surface area (Å²) in [6.45, 7) is 14.7. The molecule has 5 saturated heterocycles. The molecule has 5 fully saturated rings. The predicted molar refractivity (Wildman–Crippen MR) is 120 cm³/mol. The van der Waals surface area contributed by atoms with Crippen LogP contribution in [0.2, 0.25) is 0 Å². The summed E-state index contributed by atoms with van der Waals surface area (Å²) in [5.41, 5.74) is 0. The summed E-state index contributed by atoms with van der Waals surface area (Å²) in [6, 6.07) is 0.605. The van der Waals surface area contributed by atoms with Crippen LogP contribution in [0.4, 0.5) is 0 Å². The minimum Gasteiger partial charge on any atom is -0.379 e. The van der Waals surface area contributed by atoms with Gasteiger partial charge in [-0.3, -0.25) is 14.7 Å². The number of piperazine rings is 1. The first-order valence-corrected chi connectivity index (χ1v) is 13.0. The minimum atomic E-state index is 0.00236. The first kappa shape index (κ1) is 21.6. The lowest BCUT2D eigenvalue weighted by atomic mass is 9.95. The highest BCUT2D eigenvalue weighted by Crippen LogP contribution is 2.41. The van der Waals surface area contributed by atoms with Gasteiger partial charge in [0.1, 0.15) is 0 Å². The molecule has 5 heterocycles. The highest BCUT2D eigenvalue weighted by atomic mass is 16.5. The second-order valence-corrected chi connectivity index (χ2v) is 9.92. The van der Waals surface area contributed by atoms with Crippen LogP contribution in [-0.2, 0) is 4.74 Å². The van der Waals surface area contributed by atoms with Crippen LogP contribution in [0.1, 0.15) is 51.4 Å². The second kappa shape index (κ2) is 10.1. The molecule has 0 radical (unpaired) electrons. The molecule has 5 aliphatic heterocycles. The van der Waals surface area contributed by atoms with Gasteiger partial charge in [-0.05, 0) is 51.6 Å². The van der Waals surface area contributed by atoms with Crippen molar-refractivity contribution in [3.63, 3.8) is 0 Å². The number of nitrogens with one attached hydrogen (secondary N) is 1. The van der Waals surface area contributed by atoms with Gasteiger partial charge >= 0.3 is 0 Å². The van der Waals surface area contributed by atoms with Crippen LogP contribution < -0.4 is 5.32 Å². The fourth-order valence-corrected chi connectivity index (χ4v) is 6.92. The van der Waals surface area contributed by atoms with Gasteiger partial charge in [0.25, 0.3) is 0 Å². The smallest absolute Gasteiger partial charge is 0.160 e. The normalized spacial score (nSPS) is 37.4. The minimum absolute atomic E-state index is 0.00236. The third-order valence-electron chi connectivity index (χ3n) is 8.24. The average Bonchev–Trinajstić information content (AvgIpc) is 3.28. The first-order valence-electron chi connectivity index (χ1n) is 13.0. The zero-order chi connectivity index (χ0) is 20.2. The standard InChI is InChI=1S/C23H44N6O/c1-3-13-26(14-4-1)23(27-18-20-30-21-19-27)22(25-11-6-7-12-25)8-2-5-15-29(23)28-16-9-24-10-17-28/h22,24H,1-21H2. The van der Waals surface area contributed by atoms with Gasteiger partial charge in [0, 0.05) is 58.9 Å². The fraction of sp³-hybridized carbons (Fsp3) is 1.00. The summed E-state index contributed by atoms with van der Waals surface area (Å²) in [4.78, 5) is 8.71. The molecule has 0 aliphatic carbocycles. The van der Waals surface area contributed by atoms with E-state index in [0.29, 0.717) is 6.04 Å². The fourth-order valence-electron chi connectivity index (χ4n) is 6.92. The van der Waals surface area contributed by atoms with Crippen molar-refractivity contribution >= 4 is 0 Å². The molecule has 5 aliphatic rings. The van der Waals surface area contributed by atoms with E-state index in [1.165, 1.54) is 84.1 Å². The number of hydrogen-bond donors (Lipinski definition) is 1. The number of rotatable bonds is 4. The number of likely N-dealkylation sites (tertiary alicyclic amines) is 2. The molecule has 0 aromatic carbocycles. The van der Waals surface area contributed by atoms with Gasteiger partial charge in [-0.2, -0.15) is 0 Å². The molecule has 0 amide bonds. The van der Waals surface area contributed by atoms with Crippen LogP contribution in [0.25, 0.3) is 0 Å². The lowest BCUT2D eigenvalue weighted by molar-refractivity contribution is -0.285. The molecule has 0 saturated carbocycles. The van der Waals surface area contributed by atoms with E-state index in [-0.39, 0.29) is 5.79 Å². The van der Waals surface area contributed by atoms with Crippen LogP contribution in [0.15, 0.2) is 0 Å². The van der Waals surface area contributed by atoms with Gasteiger partial charge in [0.15, 0.2) is 5.79 Å². The Morgan fingerprint density at radius 2 is 1.27 bits per heavy atom. The quantitative estimate of drug-likeness (QED) is 0.733. The maximum atomic E-state index is 5.88. The van der Waals surface area contributed by atoms with Gasteiger partial charge < -0.3 is 10.1 Å². The molecule has 5 rings (SSSR count). The molecular formula is C23H44N6O. The van der Waals surface area contributed by atoms with Gasteiger partial charge in [-0.1, -0.05) is 12.8 Å². The van der Waals surface area contributed by atoms with Crippen molar-refractivity contribution in [2.45, 2.75) is 63.2 Å². The van der Waals surface area contributed by atoms with Crippen molar-refractivity contribution in [2.75, 3.05) is 85.2 Å². The first-order chi connectivity index (χ1) is 14.9. The van der Waals surface area contributed by atoms with E-state index in [2.05, 4.69) is 30.0 Å². The molecular weight excluding hydrogens is 376 g/mol. The number of piperidine rings is 1. The largest absolute Gasteiger partial charge is 0.379 e. The number of morpholine rings is 1. The van der Waals surface area contributed by atoms with Crippen molar-refractivity contribution in [2.24, 2.45) is 0 Å². The van der Waals surface area contributed by atoms with Crippen LogP contribution >= 0.6 is 0 Å². The van der Waals surface area contributed by atoms with E-state index in [1.54, 1.807) is 0 Å². The number of nitrogens with zero attached hydrogens (tertiary/aromatic N) is 5. The third-order valence-corrected chi connectivity index (χ3v) is 8.24. The molecule has 0 aromatic heterocycles. The summed E-state index contributed by atoms with van der Waals surface area (Å²) in [5, 5.41) is 9.24. The van der Waals surface area contributed by atoms with Crippen molar-refractivity contribution in [1.29, 1.82) is 0 Å². The molecule has 0 spiro atoms. The Morgan fingerprint density at radius 1 is 0.633 bits per heavy atom. The van der Waals surface area contributed by atoms with Crippen LogP contribution in [0, 0.1) is 0 Å². The SMILES string of the molecule is C1CCN(C2(N3CCOCC3)C(N3CCCC3)CCCCN2N2CCNCC2)CC1. The van der Waals surface area contributed by atoms with Crippen molar-refractivity contribution in [3.05, 3.63) is 0 Å². The zero-order valence-electron chi connectivity index (χ0n) is 19.1. The monoisotopic (exact) mass is 420 g/mol. The molecule has 7 heteroatoms. The highest BCUT2D eigenvalue weighted by Gasteiger charge is 2.57. The molecule has 0 bridgehead atoms. The van der Waals surface area contributed by atoms with E-state index >= 15 is 0 Å². The highest BCUT2D eigenvalue weighted by molar-refractivity contribution is 5.04. The van der Waals surface area contributed by atoms with Gasteiger partial charge in [0.2, 0.25) is 0 Å². The molecule has 2 atom stereocenters. The summed E-state index contributed by atoms with van der Waals surface area (Å²) in [6.07, 6.45) is 10.9. The van der Waals surface area contributed by atoms with E-state index in [4.69, 9.17) is 4.74 Å². The van der Waals surface area contributed by atoms with Crippen LogP contribution in [0.5, 0.6) is 0 Å². The summed E-state index contributed by atoms with van der Waals surface area (Å²) in [5.74, 6) is 0.00236. The Balaban J connectivity index is 1.59. The Hall–Kier alpha value is -0.280. The second-order valence-electron chi connectivity index (χ2n) is 9.92. The molecule has 2 unspecified atom stereocenters. The van der Waals surface area contributed by atoms with Crippen molar-refractivity contribution in [3.8, 4) is 0 Å². The van der Waals surface area contributed by atoms with Crippen LogP contribution in [-0.4, -0.2) is 122 Å². The number of ether oxygens (including phenoxy) is 1. The summed E-state index contributed by atoms with van der Waals surface area (Å²) in [7, 11) is 0. The van der Waals surface area contributed by atoms with Crippen molar-refractivity contribution < 1.29 is 4.74 Å². The lowest BCUT2D eigenvalue weighted by Crippen LogP contribution is -2.81. The number of hydrazine groups is 1. The Morgan fingerprint density at radius 3 is 2.00 bits per heavy atom. The Bertz CT molecular complexity index is 506. The average molecular weight is 421 g/mol. The van der Waals surface area contributed by atoms with Gasteiger partial charge in [-0.15, -0.1) is 0 Å². The molecule has 0 aromatic rings. The van der Waals surface area contributed by atoms with Crippen LogP contribution in [0.3, 0.4) is 0 Å². The summed E-state index contributed by atoms with van der Waals surface area (Å²) < 4.78 is 5.88. The summed E-state index contributed by atoms with van der Waals surface area (Å²) >= 11 is 0. The van der Waals surface area contributed by atoms with E-state index < -0.39 is 0 Å².